The SMILES string of the molecule is CCOc1ccc(S(=O)(=O)N[C@H](C)C(=O)Nc2ccc(OC)cc2OC)cc1. The van der Waals surface area contributed by atoms with E-state index < -0.39 is 22.0 Å². The van der Waals surface area contributed by atoms with E-state index in [1.54, 1.807) is 30.3 Å². The molecule has 0 saturated heterocycles. The van der Waals surface area contributed by atoms with Crippen molar-refractivity contribution in [2.24, 2.45) is 0 Å². The molecule has 2 N–H and O–H groups in total. The summed E-state index contributed by atoms with van der Waals surface area (Å²) in [6.45, 7) is 3.78. The molecule has 0 aromatic heterocycles. The van der Waals surface area contributed by atoms with E-state index in [0.717, 1.165) is 0 Å². The molecule has 0 radical (unpaired) electrons. The van der Waals surface area contributed by atoms with Crippen LogP contribution in [0.3, 0.4) is 0 Å². The van der Waals surface area contributed by atoms with Crippen molar-refractivity contribution in [3.63, 3.8) is 0 Å². The number of anilines is 1. The van der Waals surface area contributed by atoms with E-state index in [2.05, 4.69) is 10.0 Å². The Balaban J connectivity index is 2.08. The zero-order valence-corrected chi connectivity index (χ0v) is 17.0. The van der Waals surface area contributed by atoms with Crippen molar-refractivity contribution in [2.75, 3.05) is 26.1 Å². The number of ether oxygens (including phenoxy) is 3. The van der Waals surface area contributed by atoms with Crippen LogP contribution in [-0.4, -0.2) is 41.2 Å². The lowest BCUT2D eigenvalue weighted by Gasteiger charge is -2.16. The summed E-state index contributed by atoms with van der Waals surface area (Å²) >= 11 is 0. The molecule has 0 fully saturated rings. The highest BCUT2D eigenvalue weighted by molar-refractivity contribution is 7.89. The Labute approximate surface area is 164 Å². The molecule has 0 aliphatic carbocycles. The van der Waals surface area contributed by atoms with Crippen LogP contribution in [0.15, 0.2) is 47.4 Å². The van der Waals surface area contributed by atoms with Gasteiger partial charge in [0.15, 0.2) is 0 Å². The number of sulfonamides is 1. The third-order valence-corrected chi connectivity index (χ3v) is 5.39. The van der Waals surface area contributed by atoms with E-state index in [0.29, 0.717) is 29.5 Å². The van der Waals surface area contributed by atoms with Crippen LogP contribution in [0, 0.1) is 0 Å². The fraction of sp³-hybridized carbons (Fsp3) is 0.316. The van der Waals surface area contributed by atoms with Crippen molar-refractivity contribution in [3.8, 4) is 17.2 Å². The van der Waals surface area contributed by atoms with Gasteiger partial charge in [-0.1, -0.05) is 0 Å². The maximum Gasteiger partial charge on any atom is 0.242 e. The largest absolute Gasteiger partial charge is 0.497 e. The second-order valence-corrected chi connectivity index (χ2v) is 7.52. The Hall–Kier alpha value is -2.78. The van der Waals surface area contributed by atoms with Crippen LogP contribution in [0.25, 0.3) is 0 Å². The molecule has 28 heavy (non-hydrogen) atoms. The maximum absolute atomic E-state index is 12.5. The maximum atomic E-state index is 12.5. The van der Waals surface area contributed by atoms with Crippen LogP contribution in [0.5, 0.6) is 17.2 Å². The molecule has 2 aromatic carbocycles. The van der Waals surface area contributed by atoms with E-state index in [9.17, 15) is 13.2 Å². The second-order valence-electron chi connectivity index (χ2n) is 5.80. The van der Waals surface area contributed by atoms with E-state index in [4.69, 9.17) is 14.2 Å². The minimum absolute atomic E-state index is 0.0395. The molecule has 0 unspecified atom stereocenters. The number of rotatable bonds is 9. The molecule has 0 aliphatic rings. The van der Waals surface area contributed by atoms with Crippen molar-refractivity contribution in [2.45, 2.75) is 24.8 Å². The predicted molar refractivity (Wildman–Crippen MR) is 106 cm³/mol. The van der Waals surface area contributed by atoms with Gasteiger partial charge >= 0.3 is 0 Å². The Morgan fingerprint density at radius 3 is 2.25 bits per heavy atom. The molecular formula is C19H24N2O6S. The van der Waals surface area contributed by atoms with E-state index in [-0.39, 0.29) is 4.90 Å². The molecule has 0 spiro atoms. The van der Waals surface area contributed by atoms with Gasteiger partial charge < -0.3 is 19.5 Å². The van der Waals surface area contributed by atoms with Crippen molar-refractivity contribution >= 4 is 21.6 Å². The molecule has 0 aliphatic heterocycles. The number of amides is 1. The lowest BCUT2D eigenvalue weighted by Crippen LogP contribution is -2.41. The summed E-state index contributed by atoms with van der Waals surface area (Å²) in [4.78, 5) is 12.5. The Morgan fingerprint density at radius 1 is 1.04 bits per heavy atom. The summed E-state index contributed by atoms with van der Waals surface area (Å²) in [7, 11) is -0.893. The predicted octanol–water partition coefficient (Wildman–Crippen LogP) is 2.41. The van der Waals surface area contributed by atoms with Gasteiger partial charge in [0.05, 0.1) is 37.5 Å². The van der Waals surface area contributed by atoms with E-state index in [1.165, 1.54) is 33.3 Å². The lowest BCUT2D eigenvalue weighted by atomic mass is 10.2. The first-order chi connectivity index (χ1) is 13.3. The number of carbonyl (C=O) groups excluding carboxylic acids is 1. The average Bonchev–Trinajstić information content (AvgIpc) is 2.68. The van der Waals surface area contributed by atoms with Gasteiger partial charge in [0.2, 0.25) is 15.9 Å². The number of benzene rings is 2. The zero-order chi connectivity index (χ0) is 20.7. The third kappa shape index (κ3) is 5.37. The number of hydrogen-bond donors (Lipinski definition) is 2. The van der Waals surface area contributed by atoms with Gasteiger partial charge in [0.1, 0.15) is 17.2 Å². The molecule has 0 saturated carbocycles. The number of hydrogen-bond acceptors (Lipinski definition) is 6. The van der Waals surface area contributed by atoms with Gasteiger partial charge in [-0.2, -0.15) is 4.72 Å². The van der Waals surface area contributed by atoms with Gasteiger partial charge in [-0.25, -0.2) is 8.42 Å². The monoisotopic (exact) mass is 408 g/mol. The highest BCUT2D eigenvalue weighted by Crippen LogP contribution is 2.29. The van der Waals surface area contributed by atoms with Gasteiger partial charge in [0, 0.05) is 6.07 Å². The van der Waals surface area contributed by atoms with Gasteiger partial charge in [-0.05, 0) is 50.2 Å². The smallest absolute Gasteiger partial charge is 0.242 e. The summed E-state index contributed by atoms with van der Waals surface area (Å²) in [6, 6.07) is 9.84. The minimum Gasteiger partial charge on any atom is -0.497 e. The Kier molecular flexibility index (Phi) is 7.24. The first-order valence-corrected chi connectivity index (χ1v) is 10.1. The summed E-state index contributed by atoms with van der Waals surface area (Å²) in [5.74, 6) is 1.00. The van der Waals surface area contributed by atoms with Crippen molar-refractivity contribution < 1.29 is 27.4 Å². The molecule has 1 amide bonds. The fourth-order valence-electron chi connectivity index (χ4n) is 2.38. The molecule has 152 valence electrons. The van der Waals surface area contributed by atoms with Crippen LogP contribution in [-0.2, 0) is 14.8 Å². The fourth-order valence-corrected chi connectivity index (χ4v) is 3.58. The van der Waals surface area contributed by atoms with E-state index in [1.807, 2.05) is 6.92 Å². The Morgan fingerprint density at radius 2 is 1.68 bits per heavy atom. The molecule has 9 heteroatoms. The molecule has 2 rings (SSSR count). The normalized spacial score (nSPS) is 12.1. The molecule has 2 aromatic rings. The van der Waals surface area contributed by atoms with Gasteiger partial charge in [-0.15, -0.1) is 0 Å². The molecule has 0 heterocycles. The average molecular weight is 408 g/mol. The van der Waals surface area contributed by atoms with Crippen LogP contribution >= 0.6 is 0 Å². The van der Waals surface area contributed by atoms with Crippen LogP contribution in [0.4, 0.5) is 5.69 Å². The third-order valence-electron chi connectivity index (χ3n) is 3.84. The summed E-state index contributed by atoms with van der Waals surface area (Å²) in [5.41, 5.74) is 0.403. The van der Waals surface area contributed by atoms with Crippen molar-refractivity contribution in [1.29, 1.82) is 0 Å². The highest BCUT2D eigenvalue weighted by atomic mass is 32.2. The van der Waals surface area contributed by atoms with Crippen molar-refractivity contribution in [1.82, 2.24) is 4.72 Å². The summed E-state index contributed by atoms with van der Waals surface area (Å²) in [5, 5.41) is 2.65. The lowest BCUT2D eigenvalue weighted by molar-refractivity contribution is -0.117. The quantitative estimate of drug-likeness (QED) is 0.661. The van der Waals surface area contributed by atoms with Gasteiger partial charge in [0.25, 0.3) is 0 Å². The molecular weight excluding hydrogens is 384 g/mol. The van der Waals surface area contributed by atoms with Crippen LogP contribution < -0.4 is 24.2 Å². The number of carbonyl (C=O) groups is 1. The van der Waals surface area contributed by atoms with Gasteiger partial charge in [-0.3, -0.25) is 4.79 Å². The first-order valence-electron chi connectivity index (χ1n) is 8.58. The molecule has 1 atom stereocenters. The summed E-state index contributed by atoms with van der Waals surface area (Å²) < 4.78 is 43.0. The number of nitrogens with one attached hydrogen (secondary N) is 2. The second kappa shape index (κ2) is 9.43. The van der Waals surface area contributed by atoms with E-state index >= 15 is 0 Å². The standard InChI is InChI=1S/C19H24N2O6S/c1-5-27-14-6-9-16(10-7-14)28(23,24)21-13(2)19(22)20-17-11-8-15(25-3)12-18(17)26-4/h6-13,21H,5H2,1-4H3,(H,20,22)/t13-/m1/s1. The topological polar surface area (TPSA) is 103 Å². The zero-order valence-electron chi connectivity index (χ0n) is 16.2. The highest BCUT2D eigenvalue weighted by Gasteiger charge is 2.23. The van der Waals surface area contributed by atoms with Crippen LogP contribution in [0.1, 0.15) is 13.8 Å². The van der Waals surface area contributed by atoms with Crippen molar-refractivity contribution in [3.05, 3.63) is 42.5 Å². The first kappa shape index (κ1) is 21.5. The number of methoxy groups -OCH3 is 2. The Bertz CT molecular complexity index is 913. The molecule has 0 bridgehead atoms. The minimum atomic E-state index is -3.87. The van der Waals surface area contributed by atoms with Crippen LogP contribution in [0.2, 0.25) is 0 Å². The summed E-state index contributed by atoms with van der Waals surface area (Å²) in [6.07, 6.45) is 0. The molecule has 8 nitrogen and oxygen atoms in total.